The van der Waals surface area contributed by atoms with Crippen molar-refractivity contribution in [2.24, 2.45) is 0 Å². The van der Waals surface area contributed by atoms with Crippen LogP contribution >= 0.6 is 0 Å². The Hall–Kier alpha value is -2.39. The molecule has 1 rings (SSSR count). The lowest BCUT2D eigenvalue weighted by molar-refractivity contribution is -0.228. The van der Waals surface area contributed by atoms with E-state index in [0.29, 0.717) is 13.0 Å². The first kappa shape index (κ1) is 40.6. The highest BCUT2D eigenvalue weighted by Gasteiger charge is 2.45. The Bertz CT molecular complexity index is 817. The summed E-state index contributed by atoms with van der Waals surface area (Å²) in [6.45, 7) is 10.2. The second-order valence-electron chi connectivity index (χ2n) is 12.0. The van der Waals surface area contributed by atoms with Crippen LogP contribution in [-0.2, 0) is 33.3 Å². The van der Waals surface area contributed by atoms with E-state index in [0.717, 1.165) is 38.5 Å². The molecular formula is C36H63NO8. The first-order valence-electron chi connectivity index (χ1n) is 17.7. The molecule has 45 heavy (non-hydrogen) atoms. The molecule has 1 saturated heterocycles. The molecule has 0 aromatic rings. The van der Waals surface area contributed by atoms with Crippen molar-refractivity contribution in [3.8, 4) is 0 Å². The number of hydrogen-bond acceptors (Lipinski definition) is 8. The molecule has 1 aliphatic rings. The Morgan fingerprint density at radius 2 is 1.42 bits per heavy atom. The minimum Gasteiger partial charge on any atom is -0.471 e. The van der Waals surface area contributed by atoms with E-state index in [1.54, 1.807) is 13.0 Å². The second kappa shape index (κ2) is 27.9. The molecule has 9 heteroatoms. The maximum absolute atomic E-state index is 13.1. The molecule has 1 fully saturated rings. The van der Waals surface area contributed by atoms with Gasteiger partial charge in [0, 0.05) is 13.0 Å². The van der Waals surface area contributed by atoms with Gasteiger partial charge in [0.1, 0.15) is 24.5 Å². The molecule has 0 saturated carbocycles. The number of Topliss-reactive ketones (excluding diaryl/α,β-unsaturated/α-hetero) is 1. The summed E-state index contributed by atoms with van der Waals surface area (Å²) >= 11 is 0. The Balaban J connectivity index is 2.73. The van der Waals surface area contributed by atoms with Gasteiger partial charge in [-0.15, -0.1) is 0 Å². The Morgan fingerprint density at radius 3 is 2.00 bits per heavy atom. The zero-order valence-electron chi connectivity index (χ0n) is 28.6. The van der Waals surface area contributed by atoms with Gasteiger partial charge in [-0.25, -0.2) is 4.79 Å². The fraction of sp³-hybridized carbons (Fsp3) is 0.806. The fourth-order valence-electron chi connectivity index (χ4n) is 5.39. The minimum atomic E-state index is -0.884. The van der Waals surface area contributed by atoms with Gasteiger partial charge in [0.25, 0.3) is 0 Å². The molecule has 0 radical (unpaired) electrons. The van der Waals surface area contributed by atoms with Crippen LogP contribution in [0.5, 0.6) is 0 Å². The number of carbonyl (C=O) groups excluding carboxylic acids is 3. The minimum absolute atomic E-state index is 0.00257. The van der Waals surface area contributed by atoms with Crippen LogP contribution < -0.4 is 5.32 Å². The molecule has 0 aromatic carbocycles. The molecule has 4 atom stereocenters. The number of rotatable bonds is 28. The number of hydrogen-bond donors (Lipinski definition) is 1. The van der Waals surface area contributed by atoms with Crippen LogP contribution in [0.4, 0.5) is 4.79 Å². The van der Waals surface area contributed by atoms with Crippen LogP contribution in [0.25, 0.3) is 0 Å². The summed E-state index contributed by atoms with van der Waals surface area (Å²) < 4.78 is 28.5. The third kappa shape index (κ3) is 20.4. The van der Waals surface area contributed by atoms with Crippen LogP contribution in [-0.4, -0.2) is 62.2 Å². The lowest BCUT2D eigenvalue weighted by Crippen LogP contribution is -2.62. The number of ether oxygens (including phenoxy) is 5. The standard InChI is InChI=1S/C36H63NO8/c1-5-9-11-13-15-17-18-20-22-24-30(38)28-32(39)37-33-34(41-27-23-21-19-16-14-12-10-6-2)31(45-36(40)43-26-8-4)29-44-35(33)42-25-7-3/h7-8,25,31,33-35H,4-6,9-24,26-29H2,1-3H3,(H,37,39)/b25-7-/t31-,33-,34+,35?/m1/s1. The van der Waals surface area contributed by atoms with E-state index in [1.165, 1.54) is 83.0 Å². The Labute approximate surface area is 273 Å². The third-order valence-corrected chi connectivity index (χ3v) is 7.91. The molecule has 9 nitrogen and oxygen atoms in total. The van der Waals surface area contributed by atoms with Crippen molar-refractivity contribution in [2.75, 3.05) is 19.8 Å². The van der Waals surface area contributed by atoms with Gasteiger partial charge in [-0.3, -0.25) is 9.59 Å². The lowest BCUT2D eigenvalue weighted by Gasteiger charge is -2.41. The van der Waals surface area contributed by atoms with Crippen molar-refractivity contribution in [1.29, 1.82) is 0 Å². The van der Waals surface area contributed by atoms with Crippen LogP contribution in [0.15, 0.2) is 25.0 Å². The molecule has 0 aromatic heterocycles. The normalized spacial score (nSPS) is 19.7. The summed E-state index contributed by atoms with van der Waals surface area (Å²) in [4.78, 5) is 38.0. The maximum Gasteiger partial charge on any atom is 0.509 e. The van der Waals surface area contributed by atoms with Crippen molar-refractivity contribution >= 4 is 17.8 Å². The molecular weight excluding hydrogens is 574 g/mol. The number of carbonyl (C=O) groups is 3. The predicted molar refractivity (Wildman–Crippen MR) is 178 cm³/mol. The van der Waals surface area contributed by atoms with Crippen molar-refractivity contribution in [1.82, 2.24) is 5.32 Å². The molecule has 1 amide bonds. The number of unbranched alkanes of at least 4 members (excludes halogenated alkanes) is 15. The molecule has 0 bridgehead atoms. The molecule has 0 aliphatic carbocycles. The summed E-state index contributed by atoms with van der Waals surface area (Å²) in [5.41, 5.74) is 0. The van der Waals surface area contributed by atoms with E-state index in [1.807, 2.05) is 0 Å². The fourth-order valence-corrected chi connectivity index (χ4v) is 5.39. The summed E-state index contributed by atoms with van der Waals surface area (Å²) in [6, 6.07) is -0.811. The zero-order chi connectivity index (χ0) is 33.0. The Kier molecular flexibility index (Phi) is 25.2. The molecule has 1 aliphatic heterocycles. The highest BCUT2D eigenvalue weighted by Crippen LogP contribution is 2.24. The second-order valence-corrected chi connectivity index (χ2v) is 12.0. The lowest BCUT2D eigenvalue weighted by atomic mass is 10.0. The van der Waals surface area contributed by atoms with E-state index in [2.05, 4.69) is 25.7 Å². The van der Waals surface area contributed by atoms with Gasteiger partial charge in [-0.05, 0) is 19.8 Å². The summed E-state index contributed by atoms with van der Waals surface area (Å²) in [5.74, 6) is -0.538. The summed E-state index contributed by atoms with van der Waals surface area (Å²) in [6.07, 6.45) is 21.1. The van der Waals surface area contributed by atoms with Crippen molar-refractivity contribution in [2.45, 2.75) is 167 Å². The van der Waals surface area contributed by atoms with Crippen molar-refractivity contribution < 1.29 is 38.1 Å². The maximum atomic E-state index is 13.1. The Morgan fingerprint density at radius 1 is 0.844 bits per heavy atom. The smallest absolute Gasteiger partial charge is 0.471 e. The number of allylic oxidation sites excluding steroid dienone is 1. The number of nitrogens with one attached hydrogen (secondary N) is 1. The van der Waals surface area contributed by atoms with E-state index in [4.69, 9.17) is 23.7 Å². The first-order chi connectivity index (χ1) is 22.0. The predicted octanol–water partition coefficient (Wildman–Crippen LogP) is 8.49. The first-order valence-corrected chi connectivity index (χ1v) is 17.7. The average Bonchev–Trinajstić information content (AvgIpc) is 3.02. The highest BCUT2D eigenvalue weighted by atomic mass is 16.7. The van der Waals surface area contributed by atoms with Gasteiger partial charge in [-0.2, -0.15) is 0 Å². The van der Waals surface area contributed by atoms with Crippen LogP contribution in [0.2, 0.25) is 0 Å². The number of amides is 1. The molecule has 0 spiro atoms. The molecule has 1 N–H and O–H groups in total. The summed E-state index contributed by atoms with van der Waals surface area (Å²) in [5, 5.41) is 2.90. The SMILES string of the molecule is C=CCOC(=O)O[C@@H]1COC(O/C=C\C)[C@H](NC(=O)CC(=O)CCCCCCCCCCC)[C@H]1OCCCCCCCCCC. The monoisotopic (exact) mass is 637 g/mol. The van der Waals surface area contributed by atoms with Gasteiger partial charge in [-0.1, -0.05) is 129 Å². The van der Waals surface area contributed by atoms with Gasteiger partial charge in [0.2, 0.25) is 12.2 Å². The van der Waals surface area contributed by atoms with E-state index >= 15 is 0 Å². The van der Waals surface area contributed by atoms with Crippen molar-refractivity contribution in [3.05, 3.63) is 25.0 Å². The van der Waals surface area contributed by atoms with Gasteiger partial charge >= 0.3 is 6.16 Å². The third-order valence-electron chi connectivity index (χ3n) is 7.91. The largest absolute Gasteiger partial charge is 0.509 e. The number of ketones is 1. The van der Waals surface area contributed by atoms with Crippen LogP contribution in [0, 0.1) is 0 Å². The van der Waals surface area contributed by atoms with Crippen molar-refractivity contribution in [3.63, 3.8) is 0 Å². The average molecular weight is 638 g/mol. The van der Waals surface area contributed by atoms with Gasteiger partial charge in [0.05, 0.1) is 19.3 Å². The quantitative estimate of drug-likeness (QED) is 0.0299. The molecule has 260 valence electrons. The molecule has 1 heterocycles. The van der Waals surface area contributed by atoms with E-state index in [9.17, 15) is 14.4 Å². The highest BCUT2D eigenvalue weighted by molar-refractivity contribution is 5.98. The zero-order valence-corrected chi connectivity index (χ0v) is 28.6. The van der Waals surface area contributed by atoms with E-state index < -0.39 is 36.6 Å². The van der Waals surface area contributed by atoms with Crippen LogP contribution in [0.3, 0.4) is 0 Å². The van der Waals surface area contributed by atoms with E-state index in [-0.39, 0.29) is 25.4 Å². The molecule has 1 unspecified atom stereocenters. The summed E-state index contributed by atoms with van der Waals surface area (Å²) in [7, 11) is 0. The topological polar surface area (TPSA) is 109 Å². The van der Waals surface area contributed by atoms with Gasteiger partial charge < -0.3 is 29.0 Å². The van der Waals surface area contributed by atoms with Crippen LogP contribution in [0.1, 0.15) is 143 Å². The van der Waals surface area contributed by atoms with Gasteiger partial charge in [0.15, 0.2) is 6.10 Å².